The van der Waals surface area contributed by atoms with Crippen molar-refractivity contribution in [1.29, 1.82) is 0 Å². The number of fused-ring (bicyclic) bond motifs is 6. The minimum absolute atomic E-state index is 0.0165. The van der Waals surface area contributed by atoms with Crippen LogP contribution in [0.1, 0.15) is 49.3 Å². The van der Waals surface area contributed by atoms with Gasteiger partial charge in [-0.2, -0.15) is 0 Å². The maximum atomic E-state index is 14.5. The molecule has 1 unspecified atom stereocenters. The summed E-state index contributed by atoms with van der Waals surface area (Å²) in [7, 11) is 0. The first-order valence-electron chi connectivity index (χ1n) is 13.4. The number of thiophene rings is 1. The molecule has 0 fully saturated rings. The Kier molecular flexibility index (Phi) is 5.27. The van der Waals surface area contributed by atoms with E-state index in [1.54, 1.807) is 23.5 Å². The van der Waals surface area contributed by atoms with Gasteiger partial charge in [-0.3, -0.25) is 0 Å². The second-order valence-corrected chi connectivity index (χ2v) is 12.6. The molecule has 2 aromatic heterocycles. The van der Waals surface area contributed by atoms with E-state index >= 15 is 0 Å². The molecule has 1 N–H and O–H groups in total. The topological polar surface area (TPSA) is 28.2 Å². The fourth-order valence-corrected chi connectivity index (χ4v) is 7.26. The van der Waals surface area contributed by atoms with E-state index in [1.807, 2.05) is 13.8 Å². The number of aryl methyl sites for hydroxylation is 2. The molecular weight excluding hydrogens is 501 g/mol. The molecule has 0 radical (unpaired) electrons. The maximum Gasteiger partial charge on any atom is 0.132 e. The number of benzene rings is 4. The summed E-state index contributed by atoms with van der Waals surface area (Å²) in [5.74, 6) is -0.206. The third kappa shape index (κ3) is 3.71. The predicted molar refractivity (Wildman–Crippen MR) is 164 cm³/mol. The van der Waals surface area contributed by atoms with E-state index in [2.05, 4.69) is 97.7 Å². The minimum Gasteiger partial charge on any atom is -0.359 e. The number of rotatable bonds is 2. The number of aromatic nitrogens is 1. The van der Waals surface area contributed by atoms with Crippen LogP contribution in [0.4, 0.5) is 21.5 Å². The number of nitrogens with zero attached hydrogens (tertiary/aromatic N) is 2. The van der Waals surface area contributed by atoms with Gasteiger partial charge in [0.25, 0.3) is 0 Å². The Morgan fingerprint density at radius 2 is 1.56 bits per heavy atom. The molecular formula is C34H30FN3S. The molecule has 1 aliphatic rings. The molecule has 6 aromatic rings. The average Bonchev–Trinajstić information content (AvgIpc) is 3.46. The van der Waals surface area contributed by atoms with Gasteiger partial charge in [-0.1, -0.05) is 69.3 Å². The van der Waals surface area contributed by atoms with Crippen molar-refractivity contribution in [3.05, 3.63) is 107 Å². The van der Waals surface area contributed by atoms with E-state index < -0.39 is 0 Å². The average molecular weight is 532 g/mol. The normalized spacial score (nSPS) is 15.3. The summed E-state index contributed by atoms with van der Waals surface area (Å²) in [6.07, 6.45) is -0.160. The van der Waals surface area contributed by atoms with Gasteiger partial charge in [-0.15, -0.1) is 11.3 Å². The Balaban J connectivity index is 1.50. The van der Waals surface area contributed by atoms with Gasteiger partial charge in [0.2, 0.25) is 0 Å². The standard InChI is InChI=1S/C34H30FN3S/c1-19-17-22(35)18-20(2)29(19)38-30-23-10-7-6-9-21(23)13-15-27(30)36-32(38)26-12-8-11-24-25-14-16-28(34(3,4)5)37-33(25)39-31(24)26/h6-18,32,36H,1-5H3. The first-order valence-corrected chi connectivity index (χ1v) is 14.2. The first kappa shape index (κ1) is 24.1. The lowest BCUT2D eigenvalue weighted by molar-refractivity contribution is 0.572. The van der Waals surface area contributed by atoms with Crippen molar-refractivity contribution >= 4 is 59.5 Å². The smallest absolute Gasteiger partial charge is 0.132 e. The first-order chi connectivity index (χ1) is 18.7. The van der Waals surface area contributed by atoms with Gasteiger partial charge in [0.1, 0.15) is 16.8 Å². The zero-order chi connectivity index (χ0) is 27.1. The van der Waals surface area contributed by atoms with Crippen LogP contribution in [0, 0.1) is 19.7 Å². The Bertz CT molecular complexity index is 1910. The van der Waals surface area contributed by atoms with E-state index in [-0.39, 0.29) is 17.4 Å². The van der Waals surface area contributed by atoms with Crippen LogP contribution >= 0.6 is 11.3 Å². The number of anilines is 3. The van der Waals surface area contributed by atoms with Crippen molar-refractivity contribution in [3.63, 3.8) is 0 Å². The van der Waals surface area contributed by atoms with Gasteiger partial charge in [-0.25, -0.2) is 9.37 Å². The van der Waals surface area contributed by atoms with Crippen molar-refractivity contribution < 1.29 is 4.39 Å². The van der Waals surface area contributed by atoms with Crippen molar-refractivity contribution in [2.24, 2.45) is 0 Å². The van der Waals surface area contributed by atoms with Crippen LogP contribution in [-0.4, -0.2) is 4.98 Å². The van der Waals surface area contributed by atoms with E-state index in [0.717, 1.165) is 38.7 Å². The summed E-state index contributed by atoms with van der Waals surface area (Å²) < 4.78 is 15.7. The van der Waals surface area contributed by atoms with Crippen molar-refractivity contribution in [3.8, 4) is 0 Å². The Hall–Kier alpha value is -3.96. The molecule has 0 amide bonds. The van der Waals surface area contributed by atoms with Gasteiger partial charge < -0.3 is 10.2 Å². The second-order valence-electron chi connectivity index (χ2n) is 11.6. The van der Waals surface area contributed by atoms with Crippen molar-refractivity contribution in [2.45, 2.75) is 46.2 Å². The summed E-state index contributed by atoms with van der Waals surface area (Å²) >= 11 is 1.76. The van der Waals surface area contributed by atoms with Gasteiger partial charge in [0.15, 0.2) is 0 Å². The summed E-state index contributed by atoms with van der Waals surface area (Å²) in [5.41, 5.74) is 7.35. The fourth-order valence-electron chi connectivity index (χ4n) is 6.05. The van der Waals surface area contributed by atoms with E-state index in [1.165, 1.54) is 31.8 Å². The molecule has 0 bridgehead atoms. The highest BCUT2D eigenvalue weighted by Gasteiger charge is 2.36. The molecule has 1 atom stereocenters. The summed E-state index contributed by atoms with van der Waals surface area (Å²) in [5, 5.41) is 8.61. The number of halogens is 1. The number of pyridine rings is 1. The molecule has 3 nitrogen and oxygen atoms in total. The Labute approximate surface area is 231 Å². The lowest BCUT2D eigenvalue weighted by Crippen LogP contribution is -2.25. The quantitative estimate of drug-likeness (QED) is 0.241. The molecule has 3 heterocycles. The van der Waals surface area contributed by atoms with E-state index in [0.29, 0.717) is 0 Å². The SMILES string of the molecule is Cc1cc(F)cc(C)c1N1c2c(ccc3ccccc23)NC1c1cccc2c1sc1nc(C(C)(C)C)ccc12. The van der Waals surface area contributed by atoms with E-state index in [9.17, 15) is 4.39 Å². The highest BCUT2D eigenvalue weighted by Crippen LogP contribution is 2.53. The van der Waals surface area contributed by atoms with Crippen LogP contribution < -0.4 is 10.2 Å². The third-order valence-electron chi connectivity index (χ3n) is 7.85. The van der Waals surface area contributed by atoms with Gasteiger partial charge in [0, 0.05) is 43.2 Å². The molecule has 0 saturated heterocycles. The summed E-state index contributed by atoms with van der Waals surface area (Å²) in [6, 6.07) is 27.1. The molecule has 0 saturated carbocycles. The molecule has 0 aliphatic carbocycles. The monoisotopic (exact) mass is 531 g/mol. The molecule has 1 aliphatic heterocycles. The third-order valence-corrected chi connectivity index (χ3v) is 9.01. The van der Waals surface area contributed by atoms with Gasteiger partial charge in [-0.05, 0) is 60.7 Å². The predicted octanol–water partition coefficient (Wildman–Crippen LogP) is 9.92. The molecule has 39 heavy (non-hydrogen) atoms. The van der Waals surface area contributed by atoms with Crippen LogP contribution in [0.15, 0.2) is 78.9 Å². The number of nitrogens with one attached hydrogen (secondary N) is 1. The van der Waals surface area contributed by atoms with Crippen LogP contribution in [0.3, 0.4) is 0 Å². The lowest BCUT2D eigenvalue weighted by Gasteiger charge is -2.31. The zero-order valence-electron chi connectivity index (χ0n) is 22.8. The molecule has 5 heteroatoms. The second kappa shape index (κ2) is 8.52. The number of hydrogen-bond donors (Lipinski definition) is 1. The van der Waals surface area contributed by atoms with Crippen molar-refractivity contribution in [1.82, 2.24) is 4.98 Å². The summed E-state index contributed by atoms with van der Waals surface area (Å²) in [6.45, 7) is 10.6. The van der Waals surface area contributed by atoms with Crippen LogP contribution in [0.5, 0.6) is 0 Å². The molecule has 194 valence electrons. The van der Waals surface area contributed by atoms with Gasteiger partial charge in [0.05, 0.1) is 11.4 Å². The highest BCUT2D eigenvalue weighted by molar-refractivity contribution is 7.25. The maximum absolute atomic E-state index is 14.5. The van der Waals surface area contributed by atoms with Crippen molar-refractivity contribution in [2.75, 3.05) is 10.2 Å². The molecule has 7 rings (SSSR count). The van der Waals surface area contributed by atoms with Crippen LogP contribution in [0.25, 0.3) is 31.1 Å². The van der Waals surface area contributed by atoms with Gasteiger partial charge >= 0.3 is 0 Å². The number of hydrogen-bond acceptors (Lipinski definition) is 4. The van der Waals surface area contributed by atoms with Crippen LogP contribution in [-0.2, 0) is 5.41 Å². The zero-order valence-corrected chi connectivity index (χ0v) is 23.6. The fraction of sp³-hybridized carbons (Fsp3) is 0.206. The largest absolute Gasteiger partial charge is 0.359 e. The highest BCUT2D eigenvalue weighted by atomic mass is 32.1. The Morgan fingerprint density at radius 1 is 0.821 bits per heavy atom. The van der Waals surface area contributed by atoms with E-state index in [4.69, 9.17) is 4.98 Å². The molecule has 4 aromatic carbocycles. The minimum atomic E-state index is -0.206. The molecule has 0 spiro atoms. The van der Waals surface area contributed by atoms with Crippen LogP contribution in [0.2, 0.25) is 0 Å². The Morgan fingerprint density at radius 3 is 2.33 bits per heavy atom. The summed E-state index contributed by atoms with van der Waals surface area (Å²) in [4.78, 5) is 8.54. The lowest BCUT2D eigenvalue weighted by atomic mass is 9.91.